The molecule has 1 aliphatic heterocycles. The fraction of sp³-hybridized carbons (Fsp3) is 0.929. The molecule has 2 rings (SSSR count). The monoisotopic (exact) mass is 238 g/mol. The van der Waals surface area contributed by atoms with Crippen molar-refractivity contribution < 1.29 is 4.79 Å². The van der Waals surface area contributed by atoms with Gasteiger partial charge >= 0.3 is 0 Å². The molecule has 0 spiro atoms. The summed E-state index contributed by atoms with van der Waals surface area (Å²) in [4.78, 5) is 11.8. The van der Waals surface area contributed by atoms with Gasteiger partial charge in [-0.2, -0.15) is 0 Å². The van der Waals surface area contributed by atoms with E-state index in [0.717, 1.165) is 37.8 Å². The van der Waals surface area contributed by atoms with E-state index in [1.165, 1.54) is 32.1 Å². The minimum Gasteiger partial charge on any atom is -0.355 e. The van der Waals surface area contributed by atoms with Gasteiger partial charge in [0.1, 0.15) is 0 Å². The van der Waals surface area contributed by atoms with Gasteiger partial charge in [0.2, 0.25) is 5.91 Å². The SMILES string of the molecule is CC1CCC(CCNC(=O)[C@@H]2CCCN2)CC1. The van der Waals surface area contributed by atoms with Crippen LogP contribution in [0.4, 0.5) is 0 Å². The molecule has 1 atom stereocenters. The van der Waals surface area contributed by atoms with Gasteiger partial charge in [0, 0.05) is 6.54 Å². The molecule has 0 bridgehead atoms. The molecular weight excluding hydrogens is 212 g/mol. The maximum atomic E-state index is 11.8. The molecule has 17 heavy (non-hydrogen) atoms. The highest BCUT2D eigenvalue weighted by Gasteiger charge is 2.22. The Hall–Kier alpha value is -0.570. The first-order valence-electron chi connectivity index (χ1n) is 7.27. The van der Waals surface area contributed by atoms with Gasteiger partial charge < -0.3 is 10.6 Å². The number of nitrogens with one attached hydrogen (secondary N) is 2. The molecule has 0 aromatic rings. The predicted octanol–water partition coefficient (Wildman–Crippen LogP) is 2.07. The minimum absolute atomic E-state index is 0.0846. The molecule has 3 nitrogen and oxygen atoms in total. The molecule has 0 radical (unpaired) electrons. The van der Waals surface area contributed by atoms with Crippen LogP contribution in [-0.4, -0.2) is 25.0 Å². The molecular formula is C14H26N2O. The zero-order valence-electron chi connectivity index (χ0n) is 11.0. The molecule has 1 saturated heterocycles. The Morgan fingerprint density at radius 2 is 2.00 bits per heavy atom. The Kier molecular flexibility index (Phi) is 4.84. The van der Waals surface area contributed by atoms with Crippen LogP contribution in [0.15, 0.2) is 0 Å². The maximum absolute atomic E-state index is 11.8. The first kappa shape index (κ1) is 12.9. The Labute approximate surface area is 105 Å². The van der Waals surface area contributed by atoms with Crippen molar-refractivity contribution in [1.29, 1.82) is 0 Å². The van der Waals surface area contributed by atoms with Gasteiger partial charge in [-0.3, -0.25) is 4.79 Å². The predicted molar refractivity (Wildman–Crippen MR) is 69.8 cm³/mol. The highest BCUT2D eigenvalue weighted by atomic mass is 16.2. The van der Waals surface area contributed by atoms with Crippen molar-refractivity contribution in [2.45, 2.75) is 57.9 Å². The van der Waals surface area contributed by atoms with Crippen LogP contribution < -0.4 is 10.6 Å². The second kappa shape index (κ2) is 6.39. The molecule has 3 heteroatoms. The summed E-state index contributed by atoms with van der Waals surface area (Å²) in [6, 6.07) is 0.0846. The quantitative estimate of drug-likeness (QED) is 0.787. The van der Waals surface area contributed by atoms with Crippen LogP contribution in [0, 0.1) is 11.8 Å². The molecule has 2 fully saturated rings. The van der Waals surface area contributed by atoms with E-state index in [2.05, 4.69) is 17.6 Å². The van der Waals surface area contributed by atoms with Crippen LogP contribution in [-0.2, 0) is 4.79 Å². The molecule has 98 valence electrons. The minimum atomic E-state index is 0.0846. The Morgan fingerprint density at radius 3 is 2.65 bits per heavy atom. The molecule has 2 aliphatic rings. The summed E-state index contributed by atoms with van der Waals surface area (Å²) in [7, 11) is 0. The van der Waals surface area contributed by atoms with Crippen molar-refractivity contribution in [2.75, 3.05) is 13.1 Å². The van der Waals surface area contributed by atoms with E-state index in [1.807, 2.05) is 0 Å². The van der Waals surface area contributed by atoms with Crippen molar-refractivity contribution in [1.82, 2.24) is 10.6 Å². The van der Waals surface area contributed by atoms with E-state index in [9.17, 15) is 4.79 Å². The van der Waals surface area contributed by atoms with E-state index < -0.39 is 0 Å². The van der Waals surface area contributed by atoms with Gasteiger partial charge in [-0.25, -0.2) is 0 Å². The first-order chi connectivity index (χ1) is 8.25. The summed E-state index contributed by atoms with van der Waals surface area (Å²) in [6.07, 6.45) is 8.79. The number of hydrogen-bond acceptors (Lipinski definition) is 2. The van der Waals surface area contributed by atoms with Gasteiger partial charge in [0.25, 0.3) is 0 Å². The lowest BCUT2D eigenvalue weighted by atomic mass is 9.81. The molecule has 0 aromatic heterocycles. The lowest BCUT2D eigenvalue weighted by Crippen LogP contribution is -2.41. The topological polar surface area (TPSA) is 41.1 Å². The summed E-state index contributed by atoms with van der Waals surface area (Å²) >= 11 is 0. The smallest absolute Gasteiger partial charge is 0.237 e. The third kappa shape index (κ3) is 3.98. The van der Waals surface area contributed by atoms with Gasteiger partial charge in [0.05, 0.1) is 6.04 Å². The van der Waals surface area contributed by atoms with Crippen LogP contribution in [0.5, 0.6) is 0 Å². The summed E-state index contributed by atoms with van der Waals surface area (Å²) < 4.78 is 0. The van der Waals surface area contributed by atoms with Crippen molar-refractivity contribution in [3.05, 3.63) is 0 Å². The average molecular weight is 238 g/mol. The summed E-state index contributed by atoms with van der Waals surface area (Å²) in [5.41, 5.74) is 0. The van der Waals surface area contributed by atoms with Gasteiger partial charge in [-0.15, -0.1) is 0 Å². The van der Waals surface area contributed by atoms with Crippen LogP contribution in [0.1, 0.15) is 51.9 Å². The largest absolute Gasteiger partial charge is 0.355 e. The summed E-state index contributed by atoms with van der Waals surface area (Å²) in [6.45, 7) is 4.22. The lowest BCUT2D eigenvalue weighted by Gasteiger charge is -2.26. The molecule has 1 saturated carbocycles. The Morgan fingerprint density at radius 1 is 1.24 bits per heavy atom. The van der Waals surface area contributed by atoms with Gasteiger partial charge in [-0.1, -0.05) is 32.6 Å². The highest BCUT2D eigenvalue weighted by Crippen LogP contribution is 2.29. The standard InChI is InChI=1S/C14H26N2O/c1-11-4-6-12(7-5-11)8-10-16-14(17)13-3-2-9-15-13/h11-13,15H,2-10H2,1H3,(H,16,17)/t11?,12?,13-/m0/s1. The third-order valence-electron chi connectivity index (χ3n) is 4.36. The number of hydrogen-bond donors (Lipinski definition) is 2. The fourth-order valence-electron chi connectivity index (χ4n) is 3.05. The normalized spacial score (nSPS) is 33.6. The molecule has 1 heterocycles. The van der Waals surface area contributed by atoms with Crippen molar-refractivity contribution in [3.8, 4) is 0 Å². The second-order valence-electron chi connectivity index (χ2n) is 5.85. The maximum Gasteiger partial charge on any atom is 0.237 e. The molecule has 1 amide bonds. The van der Waals surface area contributed by atoms with Crippen molar-refractivity contribution >= 4 is 5.91 Å². The zero-order valence-corrected chi connectivity index (χ0v) is 11.0. The van der Waals surface area contributed by atoms with Crippen LogP contribution in [0.2, 0.25) is 0 Å². The summed E-state index contributed by atoms with van der Waals surface area (Å²) in [5, 5.41) is 6.32. The number of carbonyl (C=O) groups excluding carboxylic acids is 1. The van der Waals surface area contributed by atoms with Crippen LogP contribution >= 0.6 is 0 Å². The highest BCUT2D eigenvalue weighted by molar-refractivity contribution is 5.81. The van der Waals surface area contributed by atoms with E-state index >= 15 is 0 Å². The average Bonchev–Trinajstić information content (AvgIpc) is 2.85. The summed E-state index contributed by atoms with van der Waals surface area (Å²) in [5.74, 6) is 1.98. The number of rotatable bonds is 4. The van der Waals surface area contributed by atoms with Gasteiger partial charge in [0.15, 0.2) is 0 Å². The van der Waals surface area contributed by atoms with E-state index in [-0.39, 0.29) is 11.9 Å². The fourth-order valence-corrected chi connectivity index (χ4v) is 3.05. The Bertz CT molecular complexity index is 241. The van der Waals surface area contributed by atoms with E-state index in [0.29, 0.717) is 0 Å². The second-order valence-corrected chi connectivity index (χ2v) is 5.85. The molecule has 0 aromatic carbocycles. The third-order valence-corrected chi connectivity index (χ3v) is 4.36. The zero-order chi connectivity index (χ0) is 12.1. The van der Waals surface area contributed by atoms with Crippen molar-refractivity contribution in [2.24, 2.45) is 11.8 Å². The number of carbonyl (C=O) groups is 1. The van der Waals surface area contributed by atoms with Gasteiger partial charge in [-0.05, 0) is 37.6 Å². The number of amides is 1. The van der Waals surface area contributed by atoms with E-state index in [1.54, 1.807) is 0 Å². The van der Waals surface area contributed by atoms with E-state index in [4.69, 9.17) is 0 Å². The van der Waals surface area contributed by atoms with Crippen molar-refractivity contribution in [3.63, 3.8) is 0 Å². The molecule has 0 unspecified atom stereocenters. The molecule has 2 N–H and O–H groups in total. The Balaban J connectivity index is 1.57. The van der Waals surface area contributed by atoms with Crippen LogP contribution in [0.25, 0.3) is 0 Å². The molecule has 1 aliphatic carbocycles. The van der Waals surface area contributed by atoms with Crippen LogP contribution in [0.3, 0.4) is 0 Å². The lowest BCUT2D eigenvalue weighted by molar-refractivity contribution is -0.122. The first-order valence-corrected chi connectivity index (χ1v) is 7.27.